The van der Waals surface area contributed by atoms with Gasteiger partial charge >= 0.3 is 0 Å². The highest BCUT2D eigenvalue weighted by atomic mass is 16.4. The van der Waals surface area contributed by atoms with E-state index in [0.717, 1.165) is 6.92 Å². The van der Waals surface area contributed by atoms with Crippen molar-refractivity contribution in [2.24, 2.45) is 0 Å². The van der Waals surface area contributed by atoms with Gasteiger partial charge in [-0.2, -0.15) is 0 Å². The second kappa shape index (κ2) is 14.0. The lowest BCUT2D eigenvalue weighted by Gasteiger charge is -2.25. The minimum Gasteiger partial charge on any atom is -0.507 e. The van der Waals surface area contributed by atoms with Gasteiger partial charge in [0.05, 0.1) is 35.5 Å². The van der Waals surface area contributed by atoms with Gasteiger partial charge in [-0.3, -0.25) is 14.4 Å². The lowest BCUT2D eigenvalue weighted by molar-refractivity contribution is -0.134. The molecule has 0 unspecified atom stereocenters. The maximum Gasteiger partial charge on any atom is 0.300 e. The molecule has 3 rings (SSSR count). The van der Waals surface area contributed by atoms with Crippen LogP contribution in [0, 0.1) is 0 Å². The summed E-state index contributed by atoms with van der Waals surface area (Å²) in [4.78, 5) is 35.7. The van der Waals surface area contributed by atoms with E-state index in [4.69, 9.17) is 20.1 Å². The predicted molar refractivity (Wildman–Crippen MR) is 133 cm³/mol. The minimum absolute atomic E-state index is 0.00939. The second-order valence-corrected chi connectivity index (χ2v) is 7.74. The highest BCUT2D eigenvalue weighted by molar-refractivity contribution is 6.33. The number of rotatable bonds is 12. The van der Waals surface area contributed by atoms with Crippen molar-refractivity contribution in [1.29, 1.82) is 0 Å². The molecule has 0 aliphatic heterocycles. The van der Waals surface area contributed by atoms with E-state index in [-0.39, 0.29) is 47.0 Å². The molecule has 0 amide bonds. The average molecular weight is 505 g/mol. The number of carbonyl (C=O) groups is 3. The Hall–Kier alpha value is -3.71. The fourth-order valence-corrected chi connectivity index (χ4v) is 3.64. The van der Waals surface area contributed by atoms with Crippen LogP contribution >= 0.6 is 0 Å². The Balaban J connectivity index is 0.00000106. The number of nitrogens with one attached hydrogen (secondary N) is 4. The maximum absolute atomic E-state index is 13.4. The molecule has 0 fully saturated rings. The standard InChI is InChI=1S/C22H28N4O6.C2H4O2/c27-11-9-23-5-7-25-13-1-2-14(26-8-6-24-10-12-28)18-17(13)21(31)19-15(29)3-4-16(30)20(19)22(18)32;1-2(3)4/h1-4,23-30H,5-12H2;1H3,(H,3,4). The van der Waals surface area contributed by atoms with Gasteiger partial charge in [-0.25, -0.2) is 0 Å². The Bertz CT molecular complexity index is 1010. The molecule has 2 aromatic carbocycles. The van der Waals surface area contributed by atoms with E-state index in [1.165, 1.54) is 12.1 Å². The first-order valence-electron chi connectivity index (χ1n) is 11.4. The molecule has 0 bridgehead atoms. The molecule has 1 aliphatic rings. The number of hydrogen-bond donors (Lipinski definition) is 9. The van der Waals surface area contributed by atoms with Crippen LogP contribution in [0.3, 0.4) is 0 Å². The lowest BCUT2D eigenvalue weighted by Crippen LogP contribution is -2.28. The smallest absolute Gasteiger partial charge is 0.300 e. The van der Waals surface area contributed by atoms with Crippen LogP contribution in [0.25, 0.3) is 0 Å². The van der Waals surface area contributed by atoms with Crippen LogP contribution < -0.4 is 21.3 Å². The number of anilines is 2. The molecular weight excluding hydrogens is 472 g/mol. The number of carboxylic acid groups (broad SMARTS) is 1. The normalized spacial score (nSPS) is 11.8. The van der Waals surface area contributed by atoms with Crippen molar-refractivity contribution in [2.75, 3.05) is 63.1 Å². The van der Waals surface area contributed by atoms with E-state index in [0.29, 0.717) is 50.6 Å². The van der Waals surface area contributed by atoms with Crippen LogP contribution in [0.1, 0.15) is 38.8 Å². The SMILES string of the molecule is CC(=O)O.O=C1c2c(O)ccc(O)c2C(=O)c2c(NCCNCCO)ccc(NCCNCCO)c21. The molecule has 9 N–H and O–H groups in total. The number of phenolic OH excluding ortho intramolecular Hbond substituents is 2. The zero-order chi connectivity index (χ0) is 26.7. The van der Waals surface area contributed by atoms with Crippen molar-refractivity contribution in [1.82, 2.24) is 10.6 Å². The van der Waals surface area contributed by atoms with Crippen LogP contribution in [-0.2, 0) is 4.79 Å². The molecule has 0 saturated carbocycles. The molecule has 0 aromatic heterocycles. The molecule has 0 radical (unpaired) electrons. The number of aromatic hydroxyl groups is 2. The number of carboxylic acids is 1. The number of ketones is 2. The van der Waals surface area contributed by atoms with E-state index in [1.54, 1.807) is 12.1 Å². The minimum atomic E-state index is -0.833. The van der Waals surface area contributed by atoms with E-state index < -0.39 is 17.5 Å². The van der Waals surface area contributed by atoms with Gasteiger partial charge in [-0.15, -0.1) is 0 Å². The summed E-state index contributed by atoms with van der Waals surface area (Å²) in [5, 5.41) is 58.0. The number of phenols is 2. The number of fused-ring (bicyclic) bond motifs is 2. The Labute approximate surface area is 208 Å². The molecular formula is C24H32N4O8. The van der Waals surface area contributed by atoms with Crippen LogP contribution in [0.5, 0.6) is 11.5 Å². The van der Waals surface area contributed by atoms with Crippen molar-refractivity contribution in [3.05, 3.63) is 46.5 Å². The topological polar surface area (TPSA) is 200 Å². The highest BCUT2D eigenvalue weighted by Gasteiger charge is 2.37. The van der Waals surface area contributed by atoms with E-state index in [9.17, 15) is 19.8 Å². The predicted octanol–water partition coefficient (Wildman–Crippen LogP) is -0.0483. The third-order valence-corrected chi connectivity index (χ3v) is 5.09. The second-order valence-electron chi connectivity index (χ2n) is 7.74. The Kier molecular flexibility index (Phi) is 11.1. The van der Waals surface area contributed by atoms with E-state index >= 15 is 0 Å². The molecule has 36 heavy (non-hydrogen) atoms. The van der Waals surface area contributed by atoms with Crippen LogP contribution in [0.4, 0.5) is 11.4 Å². The summed E-state index contributed by atoms with van der Waals surface area (Å²) in [7, 11) is 0. The monoisotopic (exact) mass is 504 g/mol. The van der Waals surface area contributed by atoms with Gasteiger partial charge in [-0.05, 0) is 24.3 Å². The molecule has 2 aromatic rings. The average Bonchev–Trinajstić information content (AvgIpc) is 2.83. The van der Waals surface area contributed by atoms with Crippen molar-refractivity contribution in [2.45, 2.75) is 6.92 Å². The number of carbonyl (C=O) groups excluding carboxylic acids is 2. The number of aliphatic hydroxyl groups is 2. The molecule has 0 spiro atoms. The van der Waals surface area contributed by atoms with Crippen molar-refractivity contribution in [3.63, 3.8) is 0 Å². The van der Waals surface area contributed by atoms with Gasteiger partial charge in [0, 0.05) is 57.6 Å². The zero-order valence-corrected chi connectivity index (χ0v) is 19.9. The Morgan fingerprint density at radius 2 is 1.03 bits per heavy atom. The quantitative estimate of drug-likeness (QED) is 0.118. The van der Waals surface area contributed by atoms with Crippen molar-refractivity contribution < 1.29 is 39.9 Å². The molecule has 12 heteroatoms. The van der Waals surface area contributed by atoms with Crippen LogP contribution in [0.2, 0.25) is 0 Å². The number of hydrogen-bond acceptors (Lipinski definition) is 11. The van der Waals surface area contributed by atoms with E-state index in [1.807, 2.05) is 0 Å². The van der Waals surface area contributed by atoms with E-state index in [2.05, 4.69) is 21.3 Å². The summed E-state index contributed by atoms with van der Waals surface area (Å²) in [5.41, 5.74) is 0.678. The molecule has 1 aliphatic carbocycles. The summed E-state index contributed by atoms with van der Waals surface area (Å²) >= 11 is 0. The Morgan fingerprint density at radius 3 is 1.36 bits per heavy atom. The fourth-order valence-electron chi connectivity index (χ4n) is 3.64. The van der Waals surface area contributed by atoms with Gasteiger partial charge in [0.2, 0.25) is 11.6 Å². The first-order valence-corrected chi connectivity index (χ1v) is 11.4. The van der Waals surface area contributed by atoms with Gasteiger partial charge in [-0.1, -0.05) is 0 Å². The summed E-state index contributed by atoms with van der Waals surface area (Å²) in [6.07, 6.45) is 0. The third-order valence-electron chi connectivity index (χ3n) is 5.09. The van der Waals surface area contributed by atoms with Gasteiger partial charge in [0.1, 0.15) is 11.5 Å². The van der Waals surface area contributed by atoms with Gasteiger partial charge < -0.3 is 46.8 Å². The molecule has 0 atom stereocenters. The third kappa shape index (κ3) is 7.15. The summed E-state index contributed by atoms with van der Waals surface area (Å²) < 4.78 is 0. The zero-order valence-electron chi connectivity index (χ0n) is 19.9. The largest absolute Gasteiger partial charge is 0.507 e. The molecule has 0 heterocycles. The van der Waals surface area contributed by atoms with Crippen LogP contribution in [-0.4, -0.2) is 95.6 Å². The first kappa shape index (κ1) is 28.5. The summed E-state index contributed by atoms with van der Waals surface area (Å²) in [6, 6.07) is 5.74. The molecule has 196 valence electrons. The highest BCUT2D eigenvalue weighted by Crippen LogP contribution is 2.42. The van der Waals surface area contributed by atoms with Gasteiger partial charge in [0.25, 0.3) is 5.97 Å². The van der Waals surface area contributed by atoms with Crippen molar-refractivity contribution in [3.8, 4) is 11.5 Å². The lowest BCUT2D eigenvalue weighted by atomic mass is 9.81. The first-order chi connectivity index (χ1) is 17.2. The summed E-state index contributed by atoms with van der Waals surface area (Å²) in [5.74, 6) is -2.69. The number of aliphatic carboxylic acids is 1. The van der Waals surface area contributed by atoms with Gasteiger partial charge in [0.15, 0.2) is 0 Å². The number of aliphatic hydroxyl groups excluding tert-OH is 2. The number of benzene rings is 2. The Morgan fingerprint density at radius 1 is 0.667 bits per heavy atom. The fraction of sp³-hybridized carbons (Fsp3) is 0.375. The molecule has 12 nitrogen and oxygen atoms in total. The van der Waals surface area contributed by atoms with Crippen molar-refractivity contribution >= 4 is 28.9 Å². The molecule has 0 saturated heterocycles. The van der Waals surface area contributed by atoms with Crippen LogP contribution in [0.15, 0.2) is 24.3 Å². The maximum atomic E-state index is 13.4. The summed E-state index contributed by atoms with van der Waals surface area (Å²) in [6.45, 7) is 3.89.